The molecule has 1 aromatic carbocycles. The van der Waals surface area contributed by atoms with E-state index in [1.165, 1.54) is 0 Å². The van der Waals surface area contributed by atoms with Crippen LogP contribution in [0.4, 0.5) is 0 Å². The molecular formula is C16H17N3O3. The van der Waals surface area contributed by atoms with Crippen LogP contribution < -0.4 is 0 Å². The Labute approximate surface area is 127 Å². The number of likely N-dealkylation sites (tertiary alicyclic amines) is 1. The molecule has 2 atom stereocenters. The average Bonchev–Trinajstić information content (AvgIpc) is 3.20. The number of ether oxygens (including phenoxy) is 1. The first-order chi connectivity index (χ1) is 10.7. The van der Waals surface area contributed by atoms with Gasteiger partial charge in [-0.2, -0.15) is 0 Å². The summed E-state index contributed by atoms with van der Waals surface area (Å²) in [6, 6.07) is 7.82. The van der Waals surface area contributed by atoms with Crippen LogP contribution in [0.3, 0.4) is 0 Å². The molecule has 0 saturated carbocycles. The number of aromatic nitrogens is 2. The zero-order chi connectivity index (χ0) is 15.1. The van der Waals surface area contributed by atoms with E-state index in [0.717, 1.165) is 16.9 Å². The summed E-state index contributed by atoms with van der Waals surface area (Å²) in [7, 11) is 0. The van der Waals surface area contributed by atoms with E-state index in [1.807, 2.05) is 24.3 Å². The number of esters is 1. The molecule has 2 aromatic rings. The van der Waals surface area contributed by atoms with Crippen molar-refractivity contribution in [2.75, 3.05) is 19.7 Å². The van der Waals surface area contributed by atoms with Crippen LogP contribution in [0, 0.1) is 11.8 Å². The molecule has 6 heteroatoms. The second kappa shape index (κ2) is 5.12. The van der Waals surface area contributed by atoms with Gasteiger partial charge in [0.05, 0.1) is 23.6 Å². The Morgan fingerprint density at radius 2 is 2.23 bits per heavy atom. The molecule has 0 aliphatic carbocycles. The van der Waals surface area contributed by atoms with Gasteiger partial charge in [-0.3, -0.25) is 9.59 Å². The molecule has 0 bridgehead atoms. The van der Waals surface area contributed by atoms with E-state index in [-0.39, 0.29) is 23.7 Å². The van der Waals surface area contributed by atoms with Crippen molar-refractivity contribution in [3.8, 4) is 0 Å². The fraction of sp³-hybridized carbons (Fsp3) is 0.438. The predicted molar refractivity (Wildman–Crippen MR) is 78.9 cm³/mol. The molecule has 6 nitrogen and oxygen atoms in total. The predicted octanol–water partition coefficient (Wildman–Crippen LogP) is 1.13. The van der Waals surface area contributed by atoms with Crippen LogP contribution in [0.25, 0.3) is 11.0 Å². The maximum absolute atomic E-state index is 12.3. The first-order valence-corrected chi connectivity index (χ1v) is 7.59. The highest BCUT2D eigenvalue weighted by atomic mass is 16.5. The zero-order valence-corrected chi connectivity index (χ0v) is 12.1. The van der Waals surface area contributed by atoms with Crippen LogP contribution in [0.2, 0.25) is 0 Å². The van der Waals surface area contributed by atoms with E-state index in [9.17, 15) is 9.59 Å². The fourth-order valence-corrected chi connectivity index (χ4v) is 3.31. The van der Waals surface area contributed by atoms with Gasteiger partial charge in [0.2, 0.25) is 5.91 Å². The van der Waals surface area contributed by atoms with Crippen LogP contribution in [-0.2, 0) is 20.7 Å². The summed E-state index contributed by atoms with van der Waals surface area (Å²) in [6.45, 7) is 1.59. The van der Waals surface area contributed by atoms with Crippen LogP contribution in [0.5, 0.6) is 0 Å². The Kier molecular flexibility index (Phi) is 3.10. The molecule has 0 unspecified atom stereocenters. The standard InChI is InChI=1S/C16H17N3O3/c20-15(19-7-10-9-22-16(21)11(10)8-19)6-5-14-17-12-3-1-2-4-13(12)18-14/h1-4,10-11H,5-9H2,(H,17,18)/t10-,11-/m1/s1. The normalized spacial score (nSPS) is 23.8. The number of aromatic amines is 1. The molecule has 0 radical (unpaired) electrons. The lowest BCUT2D eigenvalue weighted by molar-refractivity contribution is -0.142. The topological polar surface area (TPSA) is 75.3 Å². The van der Waals surface area contributed by atoms with E-state index < -0.39 is 0 Å². The van der Waals surface area contributed by atoms with Gasteiger partial charge in [0.15, 0.2) is 0 Å². The van der Waals surface area contributed by atoms with Crippen molar-refractivity contribution in [3.63, 3.8) is 0 Å². The number of imidazole rings is 1. The molecule has 2 aliphatic rings. The average molecular weight is 299 g/mol. The molecule has 1 N–H and O–H groups in total. The summed E-state index contributed by atoms with van der Waals surface area (Å²) in [6.07, 6.45) is 0.998. The minimum Gasteiger partial charge on any atom is -0.465 e. The van der Waals surface area contributed by atoms with Gasteiger partial charge in [0.1, 0.15) is 5.82 Å². The quantitative estimate of drug-likeness (QED) is 0.862. The number of nitrogens with one attached hydrogen (secondary N) is 1. The Morgan fingerprint density at radius 3 is 3.05 bits per heavy atom. The number of hydrogen-bond acceptors (Lipinski definition) is 4. The minimum absolute atomic E-state index is 0.0858. The van der Waals surface area contributed by atoms with E-state index in [2.05, 4.69) is 9.97 Å². The van der Waals surface area contributed by atoms with Crippen molar-refractivity contribution in [2.24, 2.45) is 11.8 Å². The number of benzene rings is 1. The molecule has 2 saturated heterocycles. The molecule has 3 heterocycles. The van der Waals surface area contributed by atoms with Gasteiger partial charge in [-0.15, -0.1) is 0 Å². The van der Waals surface area contributed by atoms with Crippen molar-refractivity contribution in [1.29, 1.82) is 0 Å². The van der Waals surface area contributed by atoms with Gasteiger partial charge < -0.3 is 14.6 Å². The molecule has 0 spiro atoms. The van der Waals surface area contributed by atoms with E-state index in [4.69, 9.17) is 4.74 Å². The Morgan fingerprint density at radius 1 is 1.36 bits per heavy atom. The first kappa shape index (κ1) is 13.3. The van der Waals surface area contributed by atoms with Gasteiger partial charge in [0, 0.05) is 31.8 Å². The Balaban J connectivity index is 1.37. The number of hydrogen-bond donors (Lipinski definition) is 1. The van der Waals surface area contributed by atoms with Gasteiger partial charge in [-0.25, -0.2) is 4.98 Å². The Hall–Kier alpha value is -2.37. The van der Waals surface area contributed by atoms with Crippen LogP contribution >= 0.6 is 0 Å². The zero-order valence-electron chi connectivity index (χ0n) is 12.1. The van der Waals surface area contributed by atoms with Gasteiger partial charge in [-0.05, 0) is 12.1 Å². The molecule has 1 aromatic heterocycles. The van der Waals surface area contributed by atoms with E-state index in [1.54, 1.807) is 4.90 Å². The number of carbonyl (C=O) groups excluding carboxylic acids is 2. The van der Waals surface area contributed by atoms with Crippen molar-refractivity contribution in [3.05, 3.63) is 30.1 Å². The molecule has 1 amide bonds. The third-order valence-corrected chi connectivity index (χ3v) is 4.55. The van der Waals surface area contributed by atoms with Gasteiger partial charge >= 0.3 is 5.97 Å². The van der Waals surface area contributed by atoms with Gasteiger partial charge in [0.25, 0.3) is 0 Å². The smallest absolute Gasteiger partial charge is 0.311 e. The van der Waals surface area contributed by atoms with Crippen LogP contribution in [-0.4, -0.2) is 46.4 Å². The summed E-state index contributed by atoms with van der Waals surface area (Å²) in [4.78, 5) is 33.3. The third-order valence-electron chi connectivity index (χ3n) is 4.55. The summed E-state index contributed by atoms with van der Waals surface area (Å²) < 4.78 is 5.02. The molecule has 2 aliphatic heterocycles. The first-order valence-electron chi connectivity index (χ1n) is 7.59. The highest BCUT2D eigenvalue weighted by Gasteiger charge is 2.45. The van der Waals surface area contributed by atoms with Crippen LogP contribution in [0.1, 0.15) is 12.2 Å². The lowest BCUT2D eigenvalue weighted by atomic mass is 10.0. The summed E-state index contributed by atoms with van der Waals surface area (Å²) in [5.74, 6) is 0.825. The number of amides is 1. The summed E-state index contributed by atoms with van der Waals surface area (Å²) >= 11 is 0. The van der Waals surface area contributed by atoms with Crippen molar-refractivity contribution < 1.29 is 14.3 Å². The number of aryl methyl sites for hydroxylation is 1. The molecule has 4 rings (SSSR count). The summed E-state index contributed by atoms with van der Waals surface area (Å²) in [5.41, 5.74) is 1.91. The number of cyclic esters (lactones) is 1. The second-order valence-corrected chi connectivity index (χ2v) is 6.00. The Bertz CT molecular complexity index is 706. The molecule has 114 valence electrons. The van der Waals surface area contributed by atoms with Crippen molar-refractivity contribution in [1.82, 2.24) is 14.9 Å². The molecular weight excluding hydrogens is 282 g/mol. The van der Waals surface area contributed by atoms with Gasteiger partial charge in [-0.1, -0.05) is 12.1 Å². The number of rotatable bonds is 3. The monoisotopic (exact) mass is 299 g/mol. The van der Waals surface area contributed by atoms with E-state index >= 15 is 0 Å². The van der Waals surface area contributed by atoms with E-state index in [0.29, 0.717) is 32.5 Å². The number of para-hydroxylation sites is 2. The van der Waals surface area contributed by atoms with Crippen LogP contribution in [0.15, 0.2) is 24.3 Å². The van der Waals surface area contributed by atoms with Crippen molar-refractivity contribution >= 4 is 22.9 Å². The SMILES string of the molecule is O=C1OC[C@H]2CN(C(=O)CCc3nc4ccccc4[nH]3)C[C@@H]12. The number of fused-ring (bicyclic) bond motifs is 2. The largest absolute Gasteiger partial charge is 0.465 e. The lowest BCUT2D eigenvalue weighted by Gasteiger charge is -2.16. The minimum atomic E-state index is -0.155. The number of carbonyl (C=O) groups is 2. The highest BCUT2D eigenvalue weighted by molar-refractivity contribution is 5.81. The maximum atomic E-state index is 12.3. The fourth-order valence-electron chi connectivity index (χ4n) is 3.31. The lowest BCUT2D eigenvalue weighted by Crippen LogP contribution is -2.31. The maximum Gasteiger partial charge on any atom is 0.311 e. The molecule has 2 fully saturated rings. The second-order valence-electron chi connectivity index (χ2n) is 6.00. The van der Waals surface area contributed by atoms with Crippen molar-refractivity contribution in [2.45, 2.75) is 12.8 Å². The number of nitrogens with zero attached hydrogens (tertiary/aromatic N) is 2. The highest BCUT2D eigenvalue weighted by Crippen LogP contribution is 2.30. The number of H-pyrrole nitrogens is 1. The molecule has 22 heavy (non-hydrogen) atoms. The summed E-state index contributed by atoms with van der Waals surface area (Å²) in [5, 5.41) is 0. The third kappa shape index (κ3) is 2.24.